The van der Waals surface area contributed by atoms with E-state index >= 15 is 0 Å². The lowest BCUT2D eigenvalue weighted by Crippen LogP contribution is -2.35. The van der Waals surface area contributed by atoms with Gasteiger partial charge in [0.2, 0.25) is 0 Å². The number of likely N-dealkylation sites (tertiary alicyclic amines) is 1. The van der Waals surface area contributed by atoms with Gasteiger partial charge in [0, 0.05) is 6.54 Å². The third-order valence-electron chi connectivity index (χ3n) is 4.06. The summed E-state index contributed by atoms with van der Waals surface area (Å²) in [5.74, 6) is 3.22. The summed E-state index contributed by atoms with van der Waals surface area (Å²) in [6.45, 7) is 5.05. The van der Waals surface area contributed by atoms with Gasteiger partial charge in [0.25, 0.3) is 0 Å². The maximum Gasteiger partial charge on any atom is 0.000937 e. The van der Waals surface area contributed by atoms with Crippen LogP contribution in [0.25, 0.3) is 0 Å². The molecular weight excluding hydrogens is 158 g/mol. The van der Waals surface area contributed by atoms with E-state index in [0.717, 1.165) is 17.8 Å². The van der Waals surface area contributed by atoms with E-state index in [1.165, 1.54) is 38.8 Å². The highest BCUT2D eigenvalue weighted by molar-refractivity contribution is 4.88. The van der Waals surface area contributed by atoms with Gasteiger partial charge >= 0.3 is 0 Å². The summed E-state index contributed by atoms with van der Waals surface area (Å²) in [7, 11) is 2.28. The molecule has 2 fully saturated rings. The van der Waals surface area contributed by atoms with Crippen molar-refractivity contribution >= 4 is 0 Å². The van der Waals surface area contributed by atoms with E-state index in [2.05, 4.69) is 18.9 Å². The Labute approximate surface area is 82.5 Å². The highest BCUT2D eigenvalue weighted by Crippen LogP contribution is 2.42. The minimum atomic E-state index is 1.05. The summed E-state index contributed by atoms with van der Waals surface area (Å²) in [4.78, 5) is 2.52. The molecule has 0 N–H and O–H groups in total. The highest BCUT2D eigenvalue weighted by atomic mass is 15.1. The van der Waals surface area contributed by atoms with Crippen LogP contribution in [0, 0.1) is 17.8 Å². The molecule has 13 heavy (non-hydrogen) atoms. The van der Waals surface area contributed by atoms with E-state index in [4.69, 9.17) is 0 Å². The molecule has 1 saturated carbocycles. The molecule has 1 aliphatic heterocycles. The van der Waals surface area contributed by atoms with Crippen molar-refractivity contribution in [1.82, 2.24) is 4.90 Å². The van der Waals surface area contributed by atoms with Gasteiger partial charge in [-0.3, -0.25) is 0 Å². The fourth-order valence-corrected chi connectivity index (χ4v) is 3.44. The lowest BCUT2D eigenvalue weighted by molar-refractivity contribution is 0.166. The van der Waals surface area contributed by atoms with Gasteiger partial charge in [-0.1, -0.05) is 19.8 Å². The average molecular weight is 181 g/mol. The zero-order valence-electron chi connectivity index (χ0n) is 9.13. The molecule has 0 aromatic heterocycles. The molecule has 0 aromatic rings. The molecule has 0 amide bonds. The molecule has 1 heterocycles. The molecule has 2 rings (SSSR count). The van der Waals surface area contributed by atoms with Gasteiger partial charge in [0.15, 0.2) is 0 Å². The summed E-state index contributed by atoms with van der Waals surface area (Å²) in [5.41, 5.74) is 0. The molecule has 1 heteroatoms. The molecule has 1 saturated heterocycles. The summed E-state index contributed by atoms with van der Waals surface area (Å²) < 4.78 is 0. The number of rotatable bonds is 2. The molecule has 1 nitrogen and oxygen atoms in total. The molecule has 2 aliphatic rings. The van der Waals surface area contributed by atoms with Crippen molar-refractivity contribution in [2.24, 2.45) is 17.8 Å². The van der Waals surface area contributed by atoms with E-state index in [9.17, 15) is 0 Å². The van der Waals surface area contributed by atoms with Gasteiger partial charge in [-0.25, -0.2) is 0 Å². The normalized spacial score (nSPS) is 40.6. The maximum absolute atomic E-state index is 2.52. The van der Waals surface area contributed by atoms with Gasteiger partial charge < -0.3 is 4.90 Å². The van der Waals surface area contributed by atoms with Crippen LogP contribution < -0.4 is 0 Å². The predicted octanol–water partition coefficient (Wildman–Crippen LogP) is 2.76. The maximum atomic E-state index is 2.52. The first kappa shape index (κ1) is 9.51. The lowest BCUT2D eigenvalue weighted by atomic mass is 9.89. The monoisotopic (exact) mass is 181 g/mol. The summed E-state index contributed by atoms with van der Waals surface area (Å²) in [6, 6.07) is 0. The number of piperidine rings is 1. The number of hydrogen-bond donors (Lipinski definition) is 0. The largest absolute Gasteiger partial charge is 0.306 e. The summed E-state index contributed by atoms with van der Waals surface area (Å²) in [5, 5.41) is 0. The van der Waals surface area contributed by atoms with Crippen molar-refractivity contribution in [1.29, 1.82) is 0 Å². The second-order valence-electron chi connectivity index (χ2n) is 5.20. The first-order chi connectivity index (χ1) is 6.29. The first-order valence-corrected chi connectivity index (χ1v) is 5.98. The Morgan fingerprint density at radius 1 is 1.23 bits per heavy atom. The Bertz CT molecular complexity index is 167. The second-order valence-corrected chi connectivity index (χ2v) is 5.20. The van der Waals surface area contributed by atoms with Crippen molar-refractivity contribution in [3.63, 3.8) is 0 Å². The van der Waals surface area contributed by atoms with Crippen LogP contribution in [0.5, 0.6) is 0 Å². The Balaban J connectivity index is 1.87. The first-order valence-electron chi connectivity index (χ1n) is 5.98. The van der Waals surface area contributed by atoms with Crippen LogP contribution in [0.3, 0.4) is 0 Å². The van der Waals surface area contributed by atoms with Crippen LogP contribution in [-0.2, 0) is 0 Å². The van der Waals surface area contributed by atoms with Crippen molar-refractivity contribution in [2.45, 2.75) is 39.0 Å². The van der Waals surface area contributed by atoms with E-state index in [0.29, 0.717) is 0 Å². The molecule has 0 bridgehead atoms. The van der Waals surface area contributed by atoms with Crippen LogP contribution in [0.2, 0.25) is 0 Å². The molecule has 0 aromatic carbocycles. The Morgan fingerprint density at radius 2 is 2.00 bits per heavy atom. The number of hydrogen-bond acceptors (Lipinski definition) is 1. The lowest BCUT2D eigenvalue weighted by Gasteiger charge is -2.32. The van der Waals surface area contributed by atoms with Crippen molar-refractivity contribution in [3.8, 4) is 0 Å². The third-order valence-corrected chi connectivity index (χ3v) is 4.06. The quantitative estimate of drug-likeness (QED) is 0.633. The molecule has 0 radical (unpaired) electrons. The van der Waals surface area contributed by atoms with Crippen LogP contribution in [-0.4, -0.2) is 25.0 Å². The average Bonchev–Trinajstić information content (AvgIpc) is 2.46. The zero-order valence-corrected chi connectivity index (χ0v) is 9.13. The van der Waals surface area contributed by atoms with E-state index in [-0.39, 0.29) is 0 Å². The van der Waals surface area contributed by atoms with Crippen LogP contribution in [0.1, 0.15) is 39.0 Å². The SMILES string of the molecule is CCCC1CC2CCN(C)CC2C1. The molecule has 76 valence electrons. The fraction of sp³-hybridized carbons (Fsp3) is 1.00. The smallest absolute Gasteiger partial charge is 0.000937 e. The van der Waals surface area contributed by atoms with Crippen LogP contribution >= 0.6 is 0 Å². The van der Waals surface area contributed by atoms with Crippen LogP contribution in [0.4, 0.5) is 0 Å². The third kappa shape index (κ3) is 2.07. The standard InChI is InChI=1S/C12H23N/c1-3-4-10-7-11-5-6-13(2)9-12(11)8-10/h10-12H,3-9H2,1-2H3. The van der Waals surface area contributed by atoms with Crippen molar-refractivity contribution < 1.29 is 0 Å². The number of nitrogens with zero attached hydrogens (tertiary/aromatic N) is 1. The Morgan fingerprint density at radius 3 is 2.77 bits per heavy atom. The molecule has 3 atom stereocenters. The molecular formula is C12H23N. The minimum absolute atomic E-state index is 1.05. The van der Waals surface area contributed by atoms with Gasteiger partial charge in [-0.15, -0.1) is 0 Å². The Kier molecular flexibility index (Phi) is 2.92. The molecule has 1 aliphatic carbocycles. The topological polar surface area (TPSA) is 3.24 Å². The van der Waals surface area contributed by atoms with E-state index < -0.39 is 0 Å². The molecule has 0 spiro atoms. The second kappa shape index (κ2) is 4.00. The van der Waals surface area contributed by atoms with Crippen LogP contribution in [0.15, 0.2) is 0 Å². The Hall–Kier alpha value is -0.0400. The highest BCUT2D eigenvalue weighted by Gasteiger charge is 2.36. The minimum Gasteiger partial charge on any atom is -0.306 e. The van der Waals surface area contributed by atoms with Gasteiger partial charge in [-0.2, -0.15) is 0 Å². The van der Waals surface area contributed by atoms with E-state index in [1.807, 2.05) is 0 Å². The number of fused-ring (bicyclic) bond motifs is 1. The van der Waals surface area contributed by atoms with Gasteiger partial charge in [0.05, 0.1) is 0 Å². The zero-order chi connectivity index (χ0) is 9.26. The van der Waals surface area contributed by atoms with Gasteiger partial charge in [-0.05, 0) is 50.6 Å². The molecule has 3 unspecified atom stereocenters. The van der Waals surface area contributed by atoms with E-state index in [1.54, 1.807) is 6.42 Å². The van der Waals surface area contributed by atoms with Gasteiger partial charge in [0.1, 0.15) is 0 Å². The van der Waals surface area contributed by atoms with Crippen molar-refractivity contribution in [2.75, 3.05) is 20.1 Å². The summed E-state index contributed by atoms with van der Waals surface area (Å²) >= 11 is 0. The predicted molar refractivity (Wildman–Crippen MR) is 56.7 cm³/mol. The van der Waals surface area contributed by atoms with Crippen molar-refractivity contribution in [3.05, 3.63) is 0 Å². The fourth-order valence-electron chi connectivity index (χ4n) is 3.44. The summed E-state index contributed by atoms with van der Waals surface area (Å²) in [6.07, 6.45) is 7.42.